The van der Waals surface area contributed by atoms with E-state index in [9.17, 15) is 9.59 Å². The van der Waals surface area contributed by atoms with Gasteiger partial charge in [0, 0.05) is 16.8 Å². The van der Waals surface area contributed by atoms with Crippen molar-refractivity contribution in [3.05, 3.63) is 66.4 Å². The van der Waals surface area contributed by atoms with Gasteiger partial charge >= 0.3 is 0 Å². The third kappa shape index (κ3) is 2.55. The van der Waals surface area contributed by atoms with Crippen LogP contribution in [-0.4, -0.2) is 35.0 Å². The SMILES string of the molecule is O=C1C=C(Nc2c3ccccc3cc3ccccc23)C(=O)N1CCO. The number of fused-ring (bicyclic) bond motifs is 2. The lowest BCUT2D eigenvalue weighted by Gasteiger charge is -2.16. The van der Waals surface area contributed by atoms with Crippen LogP contribution in [0, 0.1) is 0 Å². The fraction of sp³-hybridized carbons (Fsp3) is 0.100. The largest absolute Gasteiger partial charge is 0.395 e. The van der Waals surface area contributed by atoms with E-state index in [1.807, 2.05) is 48.5 Å². The van der Waals surface area contributed by atoms with Crippen molar-refractivity contribution in [1.82, 2.24) is 4.90 Å². The zero-order valence-electron chi connectivity index (χ0n) is 13.4. The number of hydrogen-bond acceptors (Lipinski definition) is 4. The smallest absolute Gasteiger partial charge is 0.277 e. The van der Waals surface area contributed by atoms with Crippen molar-refractivity contribution in [1.29, 1.82) is 0 Å². The van der Waals surface area contributed by atoms with E-state index in [1.54, 1.807) is 0 Å². The van der Waals surface area contributed by atoms with Gasteiger partial charge in [-0.25, -0.2) is 0 Å². The number of carbonyl (C=O) groups excluding carboxylic acids is 2. The lowest BCUT2D eigenvalue weighted by atomic mass is 10.0. The van der Waals surface area contributed by atoms with Crippen LogP contribution >= 0.6 is 0 Å². The molecule has 0 radical (unpaired) electrons. The Labute approximate surface area is 144 Å². The summed E-state index contributed by atoms with van der Waals surface area (Å²) < 4.78 is 0. The number of β-amino-alcohol motifs (C(OH)–C–C–N with tert-alkyl or cyclic N) is 1. The highest BCUT2D eigenvalue weighted by Crippen LogP contribution is 2.34. The number of nitrogens with one attached hydrogen (secondary N) is 1. The minimum atomic E-state index is -0.420. The maximum Gasteiger partial charge on any atom is 0.277 e. The first-order valence-electron chi connectivity index (χ1n) is 8.05. The average Bonchev–Trinajstić information content (AvgIpc) is 2.89. The lowest BCUT2D eigenvalue weighted by Crippen LogP contribution is -2.34. The number of benzene rings is 3. The van der Waals surface area contributed by atoms with Crippen LogP contribution in [0.2, 0.25) is 0 Å². The Balaban J connectivity index is 1.85. The highest BCUT2D eigenvalue weighted by molar-refractivity contribution is 6.20. The zero-order valence-corrected chi connectivity index (χ0v) is 13.4. The van der Waals surface area contributed by atoms with Gasteiger partial charge in [-0.15, -0.1) is 0 Å². The maximum atomic E-state index is 12.4. The number of anilines is 1. The van der Waals surface area contributed by atoms with Crippen molar-refractivity contribution < 1.29 is 14.7 Å². The molecule has 4 rings (SSSR count). The Bertz CT molecular complexity index is 985. The number of aliphatic hydroxyl groups is 1. The summed E-state index contributed by atoms with van der Waals surface area (Å²) in [6.45, 7) is -0.259. The monoisotopic (exact) mass is 332 g/mol. The predicted octanol–water partition coefficient (Wildman–Crippen LogP) is 2.65. The Hall–Kier alpha value is -3.18. The molecule has 1 heterocycles. The molecule has 3 aromatic rings. The van der Waals surface area contributed by atoms with E-state index < -0.39 is 11.8 Å². The van der Waals surface area contributed by atoms with Gasteiger partial charge in [-0.1, -0.05) is 48.5 Å². The number of rotatable bonds is 4. The first-order valence-corrected chi connectivity index (χ1v) is 8.05. The van der Waals surface area contributed by atoms with Crippen LogP contribution < -0.4 is 5.32 Å². The molecule has 1 aliphatic heterocycles. The summed E-state index contributed by atoms with van der Waals surface area (Å²) in [5.74, 6) is -0.831. The van der Waals surface area contributed by atoms with Gasteiger partial charge in [-0.05, 0) is 16.8 Å². The van der Waals surface area contributed by atoms with Crippen molar-refractivity contribution in [3.63, 3.8) is 0 Å². The number of carbonyl (C=O) groups is 2. The van der Waals surface area contributed by atoms with E-state index in [0.717, 1.165) is 32.1 Å². The predicted molar refractivity (Wildman–Crippen MR) is 97.0 cm³/mol. The van der Waals surface area contributed by atoms with Crippen molar-refractivity contribution >= 4 is 39.0 Å². The zero-order chi connectivity index (χ0) is 17.4. The van der Waals surface area contributed by atoms with Crippen molar-refractivity contribution in [2.75, 3.05) is 18.5 Å². The van der Waals surface area contributed by atoms with E-state index in [4.69, 9.17) is 5.11 Å². The molecular formula is C20H16N2O3. The first kappa shape index (κ1) is 15.4. The van der Waals surface area contributed by atoms with Crippen molar-refractivity contribution in [2.45, 2.75) is 0 Å². The van der Waals surface area contributed by atoms with Gasteiger partial charge in [0.05, 0.1) is 18.8 Å². The number of imide groups is 1. The number of amides is 2. The molecule has 0 unspecified atom stereocenters. The molecule has 5 heteroatoms. The second-order valence-corrected chi connectivity index (χ2v) is 5.90. The Kier molecular flexibility index (Phi) is 3.71. The quantitative estimate of drug-likeness (QED) is 0.569. The molecule has 1 aliphatic rings. The fourth-order valence-electron chi connectivity index (χ4n) is 3.19. The lowest BCUT2D eigenvalue weighted by molar-refractivity contribution is -0.137. The van der Waals surface area contributed by atoms with Gasteiger partial charge in [0.1, 0.15) is 5.70 Å². The topological polar surface area (TPSA) is 69.6 Å². The Morgan fingerprint density at radius 3 is 2.12 bits per heavy atom. The molecule has 0 bridgehead atoms. The van der Waals surface area contributed by atoms with E-state index in [1.165, 1.54) is 6.08 Å². The molecule has 25 heavy (non-hydrogen) atoms. The third-order valence-corrected chi connectivity index (χ3v) is 4.36. The summed E-state index contributed by atoms with van der Waals surface area (Å²) in [5, 5.41) is 16.2. The molecule has 5 nitrogen and oxygen atoms in total. The van der Waals surface area contributed by atoms with E-state index in [0.29, 0.717) is 0 Å². The minimum Gasteiger partial charge on any atom is -0.395 e. The summed E-state index contributed by atoms with van der Waals surface area (Å²) in [6.07, 6.45) is 1.29. The molecule has 0 spiro atoms. The molecule has 2 amide bonds. The molecule has 0 atom stereocenters. The van der Waals surface area contributed by atoms with Gasteiger partial charge in [-0.3, -0.25) is 14.5 Å². The number of aliphatic hydroxyl groups excluding tert-OH is 1. The van der Waals surface area contributed by atoms with E-state index >= 15 is 0 Å². The minimum absolute atomic E-state index is 0.00433. The Morgan fingerprint density at radius 1 is 0.920 bits per heavy atom. The van der Waals surface area contributed by atoms with Crippen LogP contribution in [0.25, 0.3) is 21.5 Å². The highest BCUT2D eigenvalue weighted by atomic mass is 16.3. The molecule has 0 saturated heterocycles. The van der Waals surface area contributed by atoms with Crippen LogP contribution in [0.1, 0.15) is 0 Å². The molecular weight excluding hydrogens is 316 g/mol. The first-order chi connectivity index (χ1) is 12.2. The molecule has 2 N–H and O–H groups in total. The summed E-state index contributed by atoms with van der Waals surface area (Å²) in [4.78, 5) is 25.5. The van der Waals surface area contributed by atoms with Crippen LogP contribution in [0.4, 0.5) is 5.69 Å². The van der Waals surface area contributed by atoms with Gasteiger partial charge in [0.15, 0.2) is 0 Å². The van der Waals surface area contributed by atoms with Crippen LogP contribution in [0.5, 0.6) is 0 Å². The van der Waals surface area contributed by atoms with Gasteiger partial charge in [0.2, 0.25) is 0 Å². The summed E-state index contributed by atoms with van der Waals surface area (Å²) in [5.41, 5.74) is 1.02. The van der Waals surface area contributed by atoms with Crippen molar-refractivity contribution in [2.24, 2.45) is 0 Å². The molecule has 0 aromatic heterocycles. The molecule has 0 saturated carbocycles. The second kappa shape index (κ2) is 6.03. The molecule has 3 aromatic carbocycles. The highest BCUT2D eigenvalue weighted by Gasteiger charge is 2.31. The summed E-state index contributed by atoms with van der Waals surface area (Å²) in [6, 6.07) is 17.9. The van der Waals surface area contributed by atoms with E-state index in [-0.39, 0.29) is 18.8 Å². The van der Waals surface area contributed by atoms with Gasteiger partial charge in [-0.2, -0.15) is 0 Å². The summed E-state index contributed by atoms with van der Waals surface area (Å²) >= 11 is 0. The van der Waals surface area contributed by atoms with E-state index in [2.05, 4.69) is 11.4 Å². The normalized spacial score (nSPS) is 14.4. The maximum absolute atomic E-state index is 12.4. The van der Waals surface area contributed by atoms with Crippen molar-refractivity contribution in [3.8, 4) is 0 Å². The van der Waals surface area contributed by atoms with Crippen LogP contribution in [-0.2, 0) is 9.59 Å². The van der Waals surface area contributed by atoms with Crippen LogP contribution in [0.3, 0.4) is 0 Å². The van der Waals surface area contributed by atoms with Crippen LogP contribution in [0.15, 0.2) is 66.4 Å². The standard InChI is InChI=1S/C20H16N2O3/c23-10-9-22-18(24)12-17(20(22)25)21-19-15-7-3-1-5-13(15)11-14-6-2-4-8-16(14)19/h1-8,11-12,21,23H,9-10H2. The molecule has 0 aliphatic carbocycles. The summed E-state index contributed by atoms with van der Waals surface area (Å²) in [7, 11) is 0. The second-order valence-electron chi connectivity index (χ2n) is 5.90. The van der Waals surface area contributed by atoms with Gasteiger partial charge < -0.3 is 10.4 Å². The number of nitrogens with zero attached hydrogens (tertiary/aromatic N) is 1. The Morgan fingerprint density at radius 2 is 1.52 bits per heavy atom. The molecule has 124 valence electrons. The average molecular weight is 332 g/mol. The van der Waals surface area contributed by atoms with Gasteiger partial charge in [0.25, 0.3) is 11.8 Å². The fourth-order valence-corrected chi connectivity index (χ4v) is 3.19. The third-order valence-electron chi connectivity index (χ3n) is 4.36. The number of hydrogen-bond donors (Lipinski definition) is 2. The molecule has 0 fully saturated rings.